The fourth-order valence-corrected chi connectivity index (χ4v) is 5.26. The Morgan fingerprint density at radius 1 is 1.40 bits per heavy atom. The second-order valence-corrected chi connectivity index (χ2v) is 7.12. The van der Waals surface area contributed by atoms with Crippen LogP contribution >= 0.6 is 39.5 Å². The molecule has 0 spiro atoms. The van der Waals surface area contributed by atoms with Gasteiger partial charge in [0, 0.05) is 30.5 Å². The van der Waals surface area contributed by atoms with Crippen LogP contribution in [0.3, 0.4) is 0 Å². The fraction of sp³-hybridized carbons (Fsp3) is 0.167. The number of thioether (sulfide) groups is 2. The van der Waals surface area contributed by atoms with Crippen molar-refractivity contribution in [2.75, 3.05) is 5.75 Å². The third kappa shape index (κ3) is 2.61. The van der Waals surface area contributed by atoms with Gasteiger partial charge in [-0.15, -0.1) is 23.5 Å². The van der Waals surface area contributed by atoms with Crippen molar-refractivity contribution in [2.45, 2.75) is 5.25 Å². The van der Waals surface area contributed by atoms with Crippen molar-refractivity contribution in [3.8, 4) is 6.07 Å². The molecule has 0 saturated carbocycles. The zero-order valence-corrected chi connectivity index (χ0v) is 13.3. The average molecular weight is 366 g/mol. The highest BCUT2D eigenvalue weighted by Crippen LogP contribution is 2.52. The Kier molecular flexibility index (Phi) is 4.10. The number of hydrogen-bond donors (Lipinski definition) is 0. The van der Waals surface area contributed by atoms with Gasteiger partial charge in [-0.3, -0.25) is 9.55 Å². The Hall–Kier alpha value is -1.30. The molecule has 2 aromatic heterocycles. The molecule has 5 nitrogen and oxygen atoms in total. The smallest absolute Gasteiger partial charge is 0.145 e. The van der Waals surface area contributed by atoms with E-state index in [1.807, 2.05) is 0 Å². The summed E-state index contributed by atoms with van der Waals surface area (Å²) >= 11 is 6.74. The van der Waals surface area contributed by atoms with Gasteiger partial charge in [-0.2, -0.15) is 5.26 Å². The summed E-state index contributed by atoms with van der Waals surface area (Å²) in [5.74, 6) is 0.872. The molecule has 1 aliphatic heterocycles. The molecule has 3 rings (SSSR count). The van der Waals surface area contributed by atoms with Crippen LogP contribution < -0.4 is 0 Å². The lowest BCUT2D eigenvalue weighted by Gasteiger charge is -2.07. The monoisotopic (exact) mass is 365 g/mol. The van der Waals surface area contributed by atoms with Crippen molar-refractivity contribution in [1.29, 1.82) is 5.26 Å². The third-order valence-electron chi connectivity index (χ3n) is 2.66. The number of halogens is 1. The Bertz CT molecular complexity index is 692. The number of nitriles is 1. The Morgan fingerprint density at radius 2 is 2.25 bits per heavy atom. The SMILES string of the molecule is N#C/C(=C1/SCC(c2nccnc2Br)S1)n1ccnc1. The van der Waals surface area contributed by atoms with Gasteiger partial charge in [0.15, 0.2) is 0 Å². The van der Waals surface area contributed by atoms with Crippen molar-refractivity contribution in [3.05, 3.63) is 45.6 Å². The topological polar surface area (TPSA) is 67.4 Å². The predicted octanol–water partition coefficient (Wildman–Crippen LogP) is 3.31. The van der Waals surface area contributed by atoms with E-state index >= 15 is 0 Å². The normalized spacial score (nSPS) is 20.7. The van der Waals surface area contributed by atoms with Gasteiger partial charge in [0.25, 0.3) is 0 Å². The van der Waals surface area contributed by atoms with Crippen molar-refractivity contribution >= 4 is 45.2 Å². The molecule has 2 aromatic rings. The summed E-state index contributed by atoms with van der Waals surface area (Å²) in [6, 6.07) is 2.25. The van der Waals surface area contributed by atoms with Crippen molar-refractivity contribution in [3.63, 3.8) is 0 Å². The first-order chi connectivity index (χ1) is 9.79. The summed E-state index contributed by atoms with van der Waals surface area (Å²) in [6.45, 7) is 0. The Labute approximate surface area is 132 Å². The number of allylic oxidation sites excluding steroid dienone is 1. The van der Waals surface area contributed by atoms with Gasteiger partial charge in [0.1, 0.15) is 16.4 Å². The van der Waals surface area contributed by atoms with Crippen LogP contribution in [0.4, 0.5) is 0 Å². The fourth-order valence-electron chi connectivity index (χ4n) is 1.76. The maximum absolute atomic E-state index is 9.35. The molecule has 0 aliphatic carbocycles. The lowest BCUT2D eigenvalue weighted by molar-refractivity contribution is 0.973. The maximum atomic E-state index is 9.35. The highest BCUT2D eigenvalue weighted by atomic mass is 79.9. The van der Waals surface area contributed by atoms with Crippen LogP contribution in [0.5, 0.6) is 0 Å². The minimum Gasteiger partial charge on any atom is -0.296 e. The molecule has 1 saturated heterocycles. The van der Waals surface area contributed by atoms with Crippen molar-refractivity contribution in [2.24, 2.45) is 0 Å². The van der Waals surface area contributed by atoms with Crippen LogP contribution in [0.25, 0.3) is 5.70 Å². The quantitative estimate of drug-likeness (QED) is 0.760. The van der Waals surface area contributed by atoms with Crippen molar-refractivity contribution < 1.29 is 0 Å². The van der Waals surface area contributed by atoms with Gasteiger partial charge in [0.05, 0.1) is 21.5 Å². The summed E-state index contributed by atoms with van der Waals surface area (Å²) in [4.78, 5) is 12.6. The zero-order chi connectivity index (χ0) is 13.9. The molecule has 0 radical (unpaired) electrons. The Morgan fingerprint density at radius 3 is 2.95 bits per heavy atom. The number of imidazole rings is 1. The van der Waals surface area contributed by atoms with Crippen LogP contribution in [0, 0.1) is 11.3 Å². The number of aromatic nitrogens is 4. The molecule has 100 valence electrons. The second-order valence-electron chi connectivity index (χ2n) is 3.87. The first-order valence-electron chi connectivity index (χ1n) is 5.68. The summed E-state index contributed by atoms with van der Waals surface area (Å²) in [7, 11) is 0. The van der Waals surface area contributed by atoms with Crippen LogP contribution in [0.1, 0.15) is 10.9 Å². The van der Waals surface area contributed by atoms with Crippen LogP contribution in [-0.2, 0) is 0 Å². The summed E-state index contributed by atoms with van der Waals surface area (Å²) in [6.07, 6.45) is 8.42. The molecule has 0 N–H and O–H groups in total. The summed E-state index contributed by atoms with van der Waals surface area (Å²) in [5, 5.41) is 9.55. The second kappa shape index (κ2) is 5.99. The number of rotatable bonds is 2. The highest BCUT2D eigenvalue weighted by Gasteiger charge is 2.28. The van der Waals surface area contributed by atoms with Crippen molar-refractivity contribution in [1.82, 2.24) is 19.5 Å². The minimum absolute atomic E-state index is 0.199. The van der Waals surface area contributed by atoms with E-state index in [1.54, 1.807) is 59.2 Å². The summed E-state index contributed by atoms with van der Waals surface area (Å²) in [5.41, 5.74) is 1.53. The van der Waals surface area contributed by atoms with Gasteiger partial charge in [-0.1, -0.05) is 0 Å². The van der Waals surface area contributed by atoms with E-state index < -0.39 is 0 Å². The van der Waals surface area contributed by atoms with E-state index in [4.69, 9.17) is 0 Å². The van der Waals surface area contributed by atoms with Crippen LogP contribution in [0.2, 0.25) is 0 Å². The van der Waals surface area contributed by atoms with E-state index in [0.717, 1.165) is 20.3 Å². The van der Waals surface area contributed by atoms with Gasteiger partial charge >= 0.3 is 0 Å². The van der Waals surface area contributed by atoms with E-state index in [9.17, 15) is 5.26 Å². The first-order valence-corrected chi connectivity index (χ1v) is 8.34. The number of nitrogens with zero attached hydrogens (tertiary/aromatic N) is 5. The molecule has 1 fully saturated rings. The molecule has 1 aliphatic rings. The number of hydrogen-bond acceptors (Lipinski definition) is 6. The molecule has 0 amide bonds. The first kappa shape index (κ1) is 13.7. The molecule has 20 heavy (non-hydrogen) atoms. The van der Waals surface area contributed by atoms with E-state index in [1.165, 1.54) is 0 Å². The van der Waals surface area contributed by atoms with E-state index in [-0.39, 0.29) is 5.25 Å². The van der Waals surface area contributed by atoms with Gasteiger partial charge in [-0.25, -0.2) is 9.97 Å². The molecule has 8 heteroatoms. The molecule has 3 heterocycles. The highest BCUT2D eigenvalue weighted by molar-refractivity contribution is 9.10. The minimum atomic E-state index is 0.199. The molecule has 1 unspecified atom stereocenters. The van der Waals surface area contributed by atoms with Crippen LogP contribution in [-0.4, -0.2) is 25.3 Å². The largest absolute Gasteiger partial charge is 0.296 e. The Balaban J connectivity index is 1.90. The molecular weight excluding hydrogens is 358 g/mol. The summed E-state index contributed by atoms with van der Waals surface area (Å²) < 4.78 is 3.50. The average Bonchev–Trinajstić information content (AvgIpc) is 3.12. The third-order valence-corrected chi connectivity index (χ3v) is 6.16. The van der Waals surface area contributed by atoms with Gasteiger partial charge in [0.2, 0.25) is 0 Å². The van der Waals surface area contributed by atoms with E-state index in [2.05, 4.69) is 37.0 Å². The van der Waals surface area contributed by atoms with Gasteiger partial charge < -0.3 is 0 Å². The molecule has 0 aromatic carbocycles. The molecule has 1 atom stereocenters. The standard InChI is InChI=1S/C12H8BrN5S2/c13-11-10(16-1-2-17-11)9-6-19-12(20-9)8(5-14)18-4-3-15-7-18/h1-4,7,9H,6H2/b12-8+. The lowest BCUT2D eigenvalue weighted by Crippen LogP contribution is -1.98. The van der Waals surface area contributed by atoms with E-state index in [0.29, 0.717) is 5.70 Å². The predicted molar refractivity (Wildman–Crippen MR) is 83.6 cm³/mol. The molecule has 0 bridgehead atoms. The molecular formula is C12H8BrN5S2. The van der Waals surface area contributed by atoms with Gasteiger partial charge in [-0.05, 0) is 15.9 Å². The lowest BCUT2D eigenvalue weighted by atomic mass is 10.3. The zero-order valence-electron chi connectivity index (χ0n) is 10.1. The van der Waals surface area contributed by atoms with Crippen LogP contribution in [0.15, 0.2) is 40.0 Å². The maximum Gasteiger partial charge on any atom is 0.145 e.